The number of nitrogens with one attached hydrogen (secondary N) is 1. The van der Waals surface area contributed by atoms with Gasteiger partial charge in [0.15, 0.2) is 0 Å². The molecule has 0 radical (unpaired) electrons. The van der Waals surface area contributed by atoms with Crippen LogP contribution in [-0.2, 0) is 13.1 Å². The molecule has 10 nitrogen and oxygen atoms in total. The normalized spacial score (nSPS) is 10.9. The maximum Gasteiger partial charge on any atom is 0.274 e. The summed E-state index contributed by atoms with van der Waals surface area (Å²) in [6.45, 7) is 0.439. The molecule has 0 atom stereocenters. The van der Waals surface area contributed by atoms with E-state index in [9.17, 15) is 9.59 Å². The van der Waals surface area contributed by atoms with Crippen LogP contribution in [0.15, 0.2) is 84.2 Å². The Kier molecular flexibility index (Phi) is 5.38. The molecule has 0 aliphatic carbocycles. The number of tetrazole rings is 1. The summed E-state index contributed by atoms with van der Waals surface area (Å²) >= 11 is 0. The number of pyridine rings is 1. The van der Waals surface area contributed by atoms with Crippen molar-refractivity contribution in [2.75, 3.05) is 0 Å². The van der Waals surface area contributed by atoms with E-state index < -0.39 is 0 Å². The predicted octanol–water partition coefficient (Wildman–Crippen LogP) is 1.75. The number of benzene rings is 2. The molecule has 1 amide bonds. The van der Waals surface area contributed by atoms with E-state index in [4.69, 9.17) is 0 Å². The largest absolute Gasteiger partial charge is 0.346 e. The zero-order chi connectivity index (χ0) is 22.6. The second kappa shape index (κ2) is 8.79. The summed E-state index contributed by atoms with van der Waals surface area (Å²) in [4.78, 5) is 29.9. The van der Waals surface area contributed by atoms with Crippen LogP contribution in [-0.4, -0.2) is 40.9 Å². The van der Waals surface area contributed by atoms with Crippen LogP contribution in [0.3, 0.4) is 0 Å². The summed E-state index contributed by atoms with van der Waals surface area (Å²) < 4.78 is 2.87. The minimum Gasteiger partial charge on any atom is -0.346 e. The van der Waals surface area contributed by atoms with Crippen LogP contribution < -0.4 is 10.9 Å². The second-order valence-corrected chi connectivity index (χ2v) is 7.30. The highest BCUT2D eigenvalue weighted by atomic mass is 16.1. The molecule has 0 saturated heterocycles. The molecular weight excluding hydrogens is 420 g/mol. The molecule has 2 aromatic carbocycles. The number of amides is 1. The van der Waals surface area contributed by atoms with Crippen molar-refractivity contribution in [3.05, 3.63) is 107 Å². The van der Waals surface area contributed by atoms with Crippen LogP contribution in [0.2, 0.25) is 0 Å². The van der Waals surface area contributed by atoms with Crippen molar-refractivity contribution in [3.63, 3.8) is 0 Å². The van der Waals surface area contributed by atoms with Crippen molar-refractivity contribution in [1.29, 1.82) is 0 Å². The maximum atomic E-state index is 13.0. The van der Waals surface area contributed by atoms with Gasteiger partial charge in [0.1, 0.15) is 6.33 Å². The molecule has 1 N–H and O–H groups in total. The van der Waals surface area contributed by atoms with Crippen LogP contribution in [0.25, 0.3) is 16.5 Å². The minimum atomic E-state index is -0.277. The number of fused-ring (bicyclic) bond motifs is 1. The smallest absolute Gasteiger partial charge is 0.274 e. The van der Waals surface area contributed by atoms with E-state index in [1.54, 1.807) is 42.7 Å². The van der Waals surface area contributed by atoms with E-state index >= 15 is 0 Å². The molecule has 162 valence electrons. The number of carbonyl (C=O) groups is 1. The Morgan fingerprint density at radius 3 is 2.67 bits per heavy atom. The Labute approximate surface area is 187 Å². The van der Waals surface area contributed by atoms with Gasteiger partial charge < -0.3 is 5.32 Å². The molecule has 10 heteroatoms. The summed E-state index contributed by atoms with van der Waals surface area (Å²) in [5, 5.41) is 19.8. The van der Waals surface area contributed by atoms with Gasteiger partial charge in [0, 0.05) is 23.3 Å². The average molecular weight is 438 g/mol. The van der Waals surface area contributed by atoms with Gasteiger partial charge in [0.05, 0.1) is 29.9 Å². The molecule has 0 bridgehead atoms. The Hall–Kier alpha value is -4.73. The van der Waals surface area contributed by atoms with E-state index in [1.807, 2.05) is 30.3 Å². The molecule has 0 saturated carbocycles. The first kappa shape index (κ1) is 20.2. The van der Waals surface area contributed by atoms with Crippen LogP contribution in [0, 0.1) is 0 Å². The molecule has 0 fully saturated rings. The molecule has 0 aliphatic rings. The van der Waals surface area contributed by atoms with Gasteiger partial charge in [0.2, 0.25) is 0 Å². The van der Waals surface area contributed by atoms with Crippen LogP contribution >= 0.6 is 0 Å². The van der Waals surface area contributed by atoms with Gasteiger partial charge in [-0.05, 0) is 46.3 Å². The average Bonchev–Trinajstić information content (AvgIpc) is 3.41. The lowest BCUT2D eigenvalue weighted by atomic mass is 10.1. The molecule has 33 heavy (non-hydrogen) atoms. The highest BCUT2D eigenvalue weighted by Gasteiger charge is 2.13. The van der Waals surface area contributed by atoms with Gasteiger partial charge in [-0.1, -0.05) is 30.3 Å². The third-order valence-electron chi connectivity index (χ3n) is 5.14. The van der Waals surface area contributed by atoms with Gasteiger partial charge in [-0.15, -0.1) is 5.10 Å². The zero-order valence-electron chi connectivity index (χ0n) is 17.4. The molecule has 0 unspecified atom stereocenters. The van der Waals surface area contributed by atoms with Gasteiger partial charge in [0.25, 0.3) is 11.5 Å². The van der Waals surface area contributed by atoms with E-state index in [-0.39, 0.29) is 24.6 Å². The van der Waals surface area contributed by atoms with Gasteiger partial charge >= 0.3 is 0 Å². The highest BCUT2D eigenvalue weighted by molar-refractivity contribution is 5.95. The summed E-state index contributed by atoms with van der Waals surface area (Å²) in [6.07, 6.45) is 4.83. The molecule has 5 rings (SSSR count). The topological polar surface area (TPSA) is 120 Å². The fourth-order valence-corrected chi connectivity index (χ4v) is 3.54. The Bertz CT molecular complexity index is 1480. The second-order valence-electron chi connectivity index (χ2n) is 7.30. The molecule has 3 aromatic heterocycles. The Morgan fingerprint density at radius 1 is 1.00 bits per heavy atom. The van der Waals surface area contributed by atoms with Crippen molar-refractivity contribution in [1.82, 2.24) is 40.3 Å². The third-order valence-corrected chi connectivity index (χ3v) is 5.14. The minimum absolute atomic E-state index is 0.155. The fraction of sp³-hybridized carbons (Fsp3) is 0.0870. The lowest BCUT2D eigenvalue weighted by Gasteiger charge is -2.12. The van der Waals surface area contributed by atoms with Crippen molar-refractivity contribution < 1.29 is 4.79 Å². The summed E-state index contributed by atoms with van der Waals surface area (Å²) in [5.41, 5.74) is 2.38. The first-order chi connectivity index (χ1) is 16.2. The molecule has 0 aliphatic heterocycles. The lowest BCUT2D eigenvalue weighted by molar-refractivity contribution is 0.0950. The first-order valence-electron chi connectivity index (χ1n) is 10.2. The van der Waals surface area contributed by atoms with E-state index in [2.05, 4.69) is 30.9 Å². The monoisotopic (exact) mass is 438 g/mol. The fourth-order valence-electron chi connectivity index (χ4n) is 3.54. The standard InChI is InChI=1S/C23H18N8O2/c32-22(17-6-3-7-18(11-17)31-15-26-28-29-31)25-13-21-19-8-1-2-9-20(19)23(33)30(27-21)14-16-5-4-10-24-12-16/h1-12,15H,13-14H2,(H,25,32). The van der Waals surface area contributed by atoms with E-state index in [1.165, 1.54) is 15.7 Å². The third kappa shape index (κ3) is 4.22. The van der Waals surface area contributed by atoms with Crippen molar-refractivity contribution >= 4 is 16.7 Å². The Morgan fingerprint density at radius 2 is 1.88 bits per heavy atom. The summed E-state index contributed by atoms with van der Waals surface area (Å²) in [7, 11) is 0. The Balaban J connectivity index is 1.43. The molecule has 0 spiro atoms. The van der Waals surface area contributed by atoms with Gasteiger partial charge in [-0.2, -0.15) is 5.10 Å². The highest BCUT2D eigenvalue weighted by Crippen LogP contribution is 2.14. The number of hydrogen-bond donors (Lipinski definition) is 1. The predicted molar refractivity (Wildman–Crippen MR) is 120 cm³/mol. The van der Waals surface area contributed by atoms with Crippen molar-refractivity contribution in [2.45, 2.75) is 13.1 Å². The SMILES string of the molecule is O=C(NCc1nn(Cc2cccnc2)c(=O)c2ccccc12)c1cccc(-n2cnnn2)c1. The van der Waals surface area contributed by atoms with E-state index in [0.717, 1.165) is 5.56 Å². The van der Waals surface area contributed by atoms with Gasteiger partial charge in [-0.25, -0.2) is 9.36 Å². The lowest BCUT2D eigenvalue weighted by Crippen LogP contribution is -2.29. The molecular formula is C23H18N8O2. The summed E-state index contributed by atoms with van der Waals surface area (Å²) in [5.74, 6) is -0.277. The first-order valence-corrected chi connectivity index (χ1v) is 10.2. The maximum absolute atomic E-state index is 13.0. The summed E-state index contributed by atoms with van der Waals surface area (Å²) in [6, 6.07) is 17.9. The zero-order valence-corrected chi connectivity index (χ0v) is 17.4. The van der Waals surface area contributed by atoms with Crippen LogP contribution in [0.5, 0.6) is 0 Å². The van der Waals surface area contributed by atoms with Gasteiger partial charge in [-0.3, -0.25) is 14.6 Å². The number of nitrogens with zero attached hydrogens (tertiary/aromatic N) is 7. The molecule has 5 aromatic rings. The number of rotatable bonds is 6. The number of carbonyl (C=O) groups excluding carboxylic acids is 1. The van der Waals surface area contributed by atoms with Crippen LogP contribution in [0.1, 0.15) is 21.6 Å². The van der Waals surface area contributed by atoms with E-state index in [0.29, 0.717) is 27.7 Å². The number of hydrogen-bond acceptors (Lipinski definition) is 7. The van der Waals surface area contributed by atoms with Crippen LogP contribution in [0.4, 0.5) is 0 Å². The number of aromatic nitrogens is 7. The quantitative estimate of drug-likeness (QED) is 0.429. The van der Waals surface area contributed by atoms with Crippen molar-refractivity contribution in [2.24, 2.45) is 0 Å². The van der Waals surface area contributed by atoms with Crippen molar-refractivity contribution in [3.8, 4) is 5.69 Å². The molecule has 3 heterocycles.